The average Bonchev–Trinajstić information content (AvgIpc) is 2.61. The summed E-state index contributed by atoms with van der Waals surface area (Å²) >= 11 is 0. The van der Waals surface area contributed by atoms with Crippen molar-refractivity contribution in [1.29, 1.82) is 0 Å². The van der Waals surface area contributed by atoms with Gasteiger partial charge >= 0.3 is 0 Å². The second-order valence-corrected chi connectivity index (χ2v) is 10.8. The molecule has 2 amide bonds. The van der Waals surface area contributed by atoms with Crippen LogP contribution in [0.1, 0.15) is 75.2 Å². The zero-order valence-electron chi connectivity index (χ0n) is 20.5. The Bertz CT molecular complexity index is 597. The molecule has 0 aromatic heterocycles. The summed E-state index contributed by atoms with van der Waals surface area (Å²) in [6.07, 6.45) is -0.581. The van der Waals surface area contributed by atoms with Crippen LogP contribution in [-0.4, -0.2) is 59.6 Å². The maximum Gasteiger partial charge on any atom is 0.249 e. The number of carbonyl (C=O) groups excluding carboxylic acids is 2. The molecule has 0 spiro atoms. The number of carbonyl (C=O) groups is 2. The number of oxime groups is 1. The summed E-state index contributed by atoms with van der Waals surface area (Å²) in [5, 5.41) is 19.7. The van der Waals surface area contributed by atoms with Gasteiger partial charge in [0.05, 0.1) is 17.9 Å². The molecular formula is C21H42N3O6P. The molecule has 9 nitrogen and oxygen atoms in total. The highest BCUT2D eigenvalue weighted by Crippen LogP contribution is 2.29. The maximum atomic E-state index is 12.2. The lowest BCUT2D eigenvalue weighted by molar-refractivity contribution is -0.136. The van der Waals surface area contributed by atoms with Crippen LogP contribution in [-0.2, 0) is 23.5 Å². The number of rotatable bonds is 13. The Hall–Kier alpha value is -1.28. The summed E-state index contributed by atoms with van der Waals surface area (Å²) in [7, 11) is -0.177. The largest absolute Gasteiger partial charge is 0.390 e. The van der Waals surface area contributed by atoms with E-state index in [1.54, 1.807) is 13.8 Å². The Morgan fingerprint density at radius 2 is 1.55 bits per heavy atom. The Kier molecular flexibility index (Phi) is 12.8. The van der Waals surface area contributed by atoms with Crippen molar-refractivity contribution < 1.29 is 28.6 Å². The molecule has 1 unspecified atom stereocenters. The summed E-state index contributed by atoms with van der Waals surface area (Å²) < 4.78 is 11.0. The summed E-state index contributed by atoms with van der Waals surface area (Å²) in [6.45, 7) is 17.5. The lowest BCUT2D eigenvalue weighted by Crippen LogP contribution is -2.46. The van der Waals surface area contributed by atoms with Gasteiger partial charge in [0.15, 0.2) is 9.03 Å². The third kappa shape index (κ3) is 16.1. The molecule has 0 heterocycles. The number of aliphatic hydroxyl groups excluding tert-OH is 1. The van der Waals surface area contributed by atoms with E-state index in [-0.39, 0.29) is 45.7 Å². The van der Waals surface area contributed by atoms with Crippen molar-refractivity contribution in [3.8, 4) is 0 Å². The van der Waals surface area contributed by atoms with Gasteiger partial charge in [-0.15, -0.1) is 0 Å². The topological polar surface area (TPSA) is 118 Å². The molecule has 3 N–H and O–H groups in total. The number of nitrogens with zero attached hydrogens (tertiary/aromatic N) is 1. The van der Waals surface area contributed by atoms with Crippen molar-refractivity contribution >= 4 is 26.6 Å². The van der Waals surface area contributed by atoms with Crippen molar-refractivity contribution in [3.05, 3.63) is 0 Å². The fourth-order valence-electron chi connectivity index (χ4n) is 1.93. The van der Waals surface area contributed by atoms with Crippen LogP contribution < -0.4 is 10.6 Å². The van der Waals surface area contributed by atoms with Crippen molar-refractivity contribution in [2.45, 2.75) is 92.5 Å². The monoisotopic (exact) mass is 463 g/mol. The molecular weight excluding hydrogens is 421 g/mol. The fraction of sp³-hybridized carbons (Fsp3) is 0.857. The van der Waals surface area contributed by atoms with E-state index in [1.165, 1.54) is 0 Å². The average molecular weight is 464 g/mol. The minimum atomic E-state index is -1.27. The van der Waals surface area contributed by atoms with Gasteiger partial charge in [-0.25, -0.2) is 0 Å². The van der Waals surface area contributed by atoms with Crippen LogP contribution in [0.5, 0.6) is 0 Å². The van der Waals surface area contributed by atoms with Crippen LogP contribution in [0.2, 0.25) is 0 Å². The van der Waals surface area contributed by atoms with Crippen LogP contribution in [0.25, 0.3) is 0 Å². The van der Waals surface area contributed by atoms with E-state index in [0.29, 0.717) is 13.0 Å². The molecule has 0 aliphatic rings. The minimum Gasteiger partial charge on any atom is -0.390 e. The molecule has 0 radical (unpaired) electrons. The van der Waals surface area contributed by atoms with Crippen LogP contribution in [0.3, 0.4) is 0 Å². The highest BCUT2D eigenvalue weighted by Gasteiger charge is 2.34. The normalized spacial score (nSPS) is 14.6. The van der Waals surface area contributed by atoms with Crippen LogP contribution >= 0.6 is 9.03 Å². The number of aliphatic hydroxyl groups is 1. The highest BCUT2D eigenvalue weighted by atomic mass is 31.1. The van der Waals surface area contributed by atoms with Gasteiger partial charge in [-0.05, 0) is 48.5 Å². The van der Waals surface area contributed by atoms with Gasteiger partial charge in [0.1, 0.15) is 11.7 Å². The van der Waals surface area contributed by atoms with Crippen molar-refractivity contribution in [2.24, 2.45) is 10.6 Å². The summed E-state index contributed by atoms with van der Waals surface area (Å²) in [5.74, 6) is -0.730. The molecule has 0 fully saturated rings. The van der Waals surface area contributed by atoms with Gasteiger partial charge in [-0.3, -0.25) is 9.59 Å². The SMILES string of the molecule is C/C(CCNC(=O)CCNC(=O)[C@@H](O)C(C)(C)COPOC(C)(C)C)=N\OC(C)(C)C. The van der Waals surface area contributed by atoms with E-state index in [2.05, 4.69) is 15.8 Å². The first-order valence-electron chi connectivity index (χ1n) is 10.5. The Morgan fingerprint density at radius 3 is 2.10 bits per heavy atom. The fourth-order valence-corrected chi connectivity index (χ4v) is 2.67. The Labute approximate surface area is 189 Å². The summed E-state index contributed by atoms with van der Waals surface area (Å²) in [4.78, 5) is 29.5. The van der Waals surface area contributed by atoms with E-state index in [1.807, 2.05) is 48.5 Å². The molecule has 0 aliphatic carbocycles. The Balaban J connectivity index is 4.15. The van der Waals surface area contributed by atoms with Crippen molar-refractivity contribution in [1.82, 2.24) is 10.6 Å². The second kappa shape index (κ2) is 13.3. The predicted molar refractivity (Wildman–Crippen MR) is 124 cm³/mol. The standard InChI is InChI=1S/C21H42N3O6P/c1-15(24-29-19(2,3)4)10-12-22-16(25)11-13-23-18(27)17(26)21(8,9)14-28-31-30-20(5,6)7/h17,26,31H,10-14H2,1-9H3,(H,22,25)(H,23,27)/b24-15+/t17-/m1/s1. The molecule has 31 heavy (non-hydrogen) atoms. The van der Waals surface area contributed by atoms with E-state index in [9.17, 15) is 14.7 Å². The van der Waals surface area contributed by atoms with Gasteiger partial charge in [0.2, 0.25) is 11.8 Å². The van der Waals surface area contributed by atoms with Crippen molar-refractivity contribution in [2.75, 3.05) is 19.7 Å². The minimum absolute atomic E-state index is 0.116. The first-order chi connectivity index (χ1) is 14.0. The molecule has 0 saturated carbocycles. The smallest absolute Gasteiger partial charge is 0.249 e. The second-order valence-electron chi connectivity index (χ2n) is 10.1. The molecule has 10 heteroatoms. The summed E-state index contributed by atoms with van der Waals surface area (Å²) in [6, 6.07) is 0. The van der Waals surface area contributed by atoms with E-state index in [4.69, 9.17) is 13.9 Å². The number of hydrogen-bond acceptors (Lipinski definition) is 7. The van der Waals surface area contributed by atoms with Gasteiger partial charge in [0.25, 0.3) is 0 Å². The van der Waals surface area contributed by atoms with E-state index < -0.39 is 17.4 Å². The Morgan fingerprint density at radius 1 is 0.968 bits per heavy atom. The lowest BCUT2D eigenvalue weighted by Gasteiger charge is -2.29. The lowest BCUT2D eigenvalue weighted by atomic mass is 9.87. The molecule has 0 bridgehead atoms. The number of amides is 2. The quantitative estimate of drug-likeness (QED) is 0.167. The molecule has 182 valence electrons. The van der Waals surface area contributed by atoms with E-state index >= 15 is 0 Å². The molecule has 0 aromatic rings. The molecule has 2 atom stereocenters. The molecule has 0 aromatic carbocycles. The highest BCUT2D eigenvalue weighted by molar-refractivity contribution is 7.26. The van der Waals surface area contributed by atoms with Gasteiger partial charge in [-0.1, -0.05) is 19.0 Å². The zero-order chi connectivity index (χ0) is 24.3. The first-order valence-corrected chi connectivity index (χ1v) is 11.3. The van der Waals surface area contributed by atoms with Gasteiger partial charge in [0, 0.05) is 31.3 Å². The van der Waals surface area contributed by atoms with Gasteiger partial charge < -0.3 is 29.6 Å². The van der Waals surface area contributed by atoms with E-state index in [0.717, 1.165) is 5.71 Å². The number of hydrogen-bond donors (Lipinski definition) is 3. The first kappa shape index (κ1) is 29.7. The zero-order valence-corrected chi connectivity index (χ0v) is 21.5. The maximum absolute atomic E-state index is 12.2. The molecule has 0 aliphatic heterocycles. The van der Waals surface area contributed by atoms with Crippen LogP contribution in [0, 0.1) is 5.41 Å². The van der Waals surface area contributed by atoms with Crippen LogP contribution in [0.15, 0.2) is 5.16 Å². The molecule has 0 saturated heterocycles. The molecule has 0 rings (SSSR count). The van der Waals surface area contributed by atoms with Gasteiger partial charge in [-0.2, -0.15) is 0 Å². The number of nitrogens with one attached hydrogen (secondary N) is 2. The van der Waals surface area contributed by atoms with Crippen LogP contribution in [0.4, 0.5) is 0 Å². The summed E-state index contributed by atoms with van der Waals surface area (Å²) in [5.41, 5.74) is -0.684. The third-order valence-corrected chi connectivity index (χ3v) is 4.73. The van der Waals surface area contributed by atoms with Crippen molar-refractivity contribution in [3.63, 3.8) is 0 Å². The third-order valence-electron chi connectivity index (χ3n) is 3.78. The predicted octanol–water partition coefficient (Wildman–Crippen LogP) is 2.92.